The zero-order chi connectivity index (χ0) is 11.8. The second-order valence-corrected chi connectivity index (χ2v) is 3.74. The molecule has 4 heteroatoms. The van der Waals surface area contributed by atoms with Crippen molar-refractivity contribution in [3.63, 3.8) is 0 Å². The van der Waals surface area contributed by atoms with E-state index < -0.39 is 5.82 Å². The molecule has 0 spiro atoms. The van der Waals surface area contributed by atoms with Crippen LogP contribution in [0.15, 0.2) is 42.5 Å². The lowest BCUT2D eigenvalue weighted by Crippen LogP contribution is -1.84. The van der Waals surface area contributed by atoms with Gasteiger partial charge in [0.1, 0.15) is 5.82 Å². The monoisotopic (exact) mass is 228 g/mol. The van der Waals surface area contributed by atoms with Gasteiger partial charge in [0.05, 0.1) is 16.6 Å². The highest BCUT2D eigenvalue weighted by Crippen LogP contribution is 2.30. The molecule has 0 aliphatic heterocycles. The molecule has 17 heavy (non-hydrogen) atoms. The number of phenols is 1. The lowest BCUT2D eigenvalue weighted by Gasteiger charge is -2.00. The first-order valence-electron chi connectivity index (χ1n) is 5.18. The molecule has 0 saturated carbocycles. The van der Waals surface area contributed by atoms with Gasteiger partial charge in [-0.05, 0) is 24.3 Å². The molecule has 3 rings (SSSR count). The van der Waals surface area contributed by atoms with E-state index in [2.05, 4.69) is 9.97 Å². The summed E-state index contributed by atoms with van der Waals surface area (Å²) in [5.74, 6) is -0.572. The first-order valence-corrected chi connectivity index (χ1v) is 5.18. The normalized spacial score (nSPS) is 10.9. The molecule has 0 saturated heterocycles. The Bertz CT molecular complexity index is 658. The molecule has 1 aromatic heterocycles. The van der Waals surface area contributed by atoms with Crippen molar-refractivity contribution in [3.8, 4) is 17.1 Å². The van der Waals surface area contributed by atoms with E-state index in [9.17, 15) is 9.50 Å². The van der Waals surface area contributed by atoms with E-state index in [4.69, 9.17) is 0 Å². The first-order chi connectivity index (χ1) is 8.25. The van der Waals surface area contributed by atoms with Crippen LogP contribution in [0.25, 0.3) is 22.4 Å². The lowest BCUT2D eigenvalue weighted by molar-refractivity contribution is 0.434. The Morgan fingerprint density at radius 1 is 1.06 bits per heavy atom. The fourth-order valence-electron chi connectivity index (χ4n) is 1.79. The van der Waals surface area contributed by atoms with Crippen LogP contribution in [0.2, 0.25) is 0 Å². The van der Waals surface area contributed by atoms with Crippen LogP contribution in [0.5, 0.6) is 5.75 Å². The van der Waals surface area contributed by atoms with Gasteiger partial charge in [-0.3, -0.25) is 0 Å². The van der Waals surface area contributed by atoms with Crippen molar-refractivity contribution in [2.75, 3.05) is 0 Å². The SMILES string of the molecule is Oc1c(F)cccc1-c1nc2ccccc2[nH]1. The molecule has 3 aromatic rings. The van der Waals surface area contributed by atoms with Crippen LogP contribution in [0.1, 0.15) is 0 Å². The molecule has 1 heterocycles. The van der Waals surface area contributed by atoms with E-state index in [1.165, 1.54) is 12.1 Å². The van der Waals surface area contributed by atoms with Crippen molar-refractivity contribution in [1.29, 1.82) is 0 Å². The van der Waals surface area contributed by atoms with E-state index in [1.54, 1.807) is 6.07 Å². The van der Waals surface area contributed by atoms with Crippen molar-refractivity contribution in [3.05, 3.63) is 48.3 Å². The lowest BCUT2D eigenvalue weighted by atomic mass is 10.2. The highest BCUT2D eigenvalue weighted by Gasteiger charge is 2.12. The standard InChI is InChI=1S/C13H9FN2O/c14-9-5-3-4-8(12(9)17)13-15-10-6-1-2-7-11(10)16-13/h1-7,17H,(H,15,16). The first kappa shape index (κ1) is 9.84. The van der Waals surface area contributed by atoms with E-state index in [0.717, 1.165) is 11.0 Å². The Morgan fingerprint density at radius 2 is 1.88 bits per heavy atom. The minimum atomic E-state index is -0.650. The van der Waals surface area contributed by atoms with Crippen LogP contribution in [0.3, 0.4) is 0 Å². The van der Waals surface area contributed by atoms with Gasteiger partial charge >= 0.3 is 0 Å². The molecular formula is C13H9FN2O. The van der Waals surface area contributed by atoms with Crippen LogP contribution in [-0.4, -0.2) is 15.1 Å². The quantitative estimate of drug-likeness (QED) is 0.672. The summed E-state index contributed by atoms with van der Waals surface area (Å²) >= 11 is 0. The molecule has 0 bridgehead atoms. The number of fused-ring (bicyclic) bond motifs is 1. The second-order valence-electron chi connectivity index (χ2n) is 3.74. The number of aromatic nitrogens is 2. The number of rotatable bonds is 1. The minimum Gasteiger partial charge on any atom is -0.504 e. The maximum atomic E-state index is 13.2. The predicted molar refractivity (Wildman–Crippen MR) is 63.2 cm³/mol. The number of aromatic amines is 1. The third kappa shape index (κ3) is 1.54. The van der Waals surface area contributed by atoms with Gasteiger partial charge in [0.15, 0.2) is 11.6 Å². The average molecular weight is 228 g/mol. The number of imidazole rings is 1. The summed E-state index contributed by atoms with van der Waals surface area (Å²) in [7, 11) is 0. The average Bonchev–Trinajstić information content (AvgIpc) is 2.76. The summed E-state index contributed by atoms with van der Waals surface area (Å²) in [5, 5.41) is 9.64. The summed E-state index contributed by atoms with van der Waals surface area (Å²) in [6.45, 7) is 0. The minimum absolute atomic E-state index is 0.362. The molecule has 84 valence electrons. The number of hydrogen-bond donors (Lipinski definition) is 2. The molecular weight excluding hydrogens is 219 g/mol. The van der Waals surface area contributed by atoms with Gasteiger partial charge in [-0.1, -0.05) is 18.2 Å². The van der Waals surface area contributed by atoms with Crippen LogP contribution in [0, 0.1) is 5.82 Å². The molecule has 0 aliphatic carbocycles. The van der Waals surface area contributed by atoms with Crippen LogP contribution in [-0.2, 0) is 0 Å². The number of aromatic hydroxyl groups is 1. The molecule has 0 amide bonds. The highest BCUT2D eigenvalue weighted by atomic mass is 19.1. The zero-order valence-corrected chi connectivity index (χ0v) is 8.81. The number of halogens is 1. The number of nitrogens with zero attached hydrogens (tertiary/aromatic N) is 1. The Kier molecular flexibility index (Phi) is 2.08. The molecule has 3 nitrogen and oxygen atoms in total. The predicted octanol–water partition coefficient (Wildman–Crippen LogP) is 3.07. The zero-order valence-electron chi connectivity index (χ0n) is 8.81. The Labute approximate surface area is 96.6 Å². The number of nitrogens with one attached hydrogen (secondary N) is 1. The van der Waals surface area contributed by atoms with Crippen molar-refractivity contribution < 1.29 is 9.50 Å². The second kappa shape index (κ2) is 3.59. The van der Waals surface area contributed by atoms with Gasteiger partial charge in [-0.15, -0.1) is 0 Å². The largest absolute Gasteiger partial charge is 0.504 e. The molecule has 0 fully saturated rings. The van der Waals surface area contributed by atoms with Gasteiger partial charge < -0.3 is 10.1 Å². The highest BCUT2D eigenvalue weighted by molar-refractivity contribution is 5.80. The van der Waals surface area contributed by atoms with Crippen molar-refractivity contribution in [1.82, 2.24) is 9.97 Å². The fourth-order valence-corrected chi connectivity index (χ4v) is 1.79. The van der Waals surface area contributed by atoms with Crippen LogP contribution >= 0.6 is 0 Å². The van der Waals surface area contributed by atoms with E-state index >= 15 is 0 Å². The smallest absolute Gasteiger partial charge is 0.165 e. The Hall–Kier alpha value is -2.36. The van der Waals surface area contributed by atoms with Gasteiger partial charge in [-0.25, -0.2) is 9.37 Å². The number of hydrogen-bond acceptors (Lipinski definition) is 2. The summed E-state index contributed by atoms with van der Waals surface area (Å²) in [6, 6.07) is 11.9. The van der Waals surface area contributed by atoms with Crippen LogP contribution in [0.4, 0.5) is 4.39 Å². The van der Waals surface area contributed by atoms with E-state index in [0.29, 0.717) is 11.4 Å². The number of benzene rings is 2. The van der Waals surface area contributed by atoms with Crippen molar-refractivity contribution in [2.24, 2.45) is 0 Å². The molecule has 0 aliphatic rings. The fraction of sp³-hybridized carbons (Fsp3) is 0. The number of H-pyrrole nitrogens is 1. The van der Waals surface area contributed by atoms with Crippen molar-refractivity contribution >= 4 is 11.0 Å². The van der Waals surface area contributed by atoms with Crippen molar-refractivity contribution in [2.45, 2.75) is 0 Å². The van der Waals surface area contributed by atoms with Gasteiger partial charge in [0.25, 0.3) is 0 Å². The van der Waals surface area contributed by atoms with E-state index in [1.807, 2.05) is 24.3 Å². The third-order valence-corrected chi connectivity index (χ3v) is 2.63. The molecule has 2 aromatic carbocycles. The Balaban J connectivity index is 2.24. The maximum Gasteiger partial charge on any atom is 0.165 e. The molecule has 0 unspecified atom stereocenters. The topological polar surface area (TPSA) is 48.9 Å². The summed E-state index contributed by atoms with van der Waals surface area (Å²) in [5.41, 5.74) is 2.00. The third-order valence-electron chi connectivity index (χ3n) is 2.63. The van der Waals surface area contributed by atoms with E-state index in [-0.39, 0.29) is 5.75 Å². The summed E-state index contributed by atoms with van der Waals surface area (Å²) in [4.78, 5) is 7.34. The number of phenolic OH excluding ortho intramolecular Hbond substituents is 1. The summed E-state index contributed by atoms with van der Waals surface area (Å²) in [6.07, 6.45) is 0. The molecule has 0 atom stereocenters. The molecule has 0 radical (unpaired) electrons. The van der Waals surface area contributed by atoms with Gasteiger partial charge in [0, 0.05) is 0 Å². The van der Waals surface area contributed by atoms with Gasteiger partial charge in [0.2, 0.25) is 0 Å². The molecule has 2 N–H and O–H groups in total. The van der Waals surface area contributed by atoms with Crippen LogP contribution < -0.4 is 0 Å². The number of para-hydroxylation sites is 3. The van der Waals surface area contributed by atoms with Gasteiger partial charge in [-0.2, -0.15) is 0 Å². The maximum absolute atomic E-state index is 13.2. The summed E-state index contributed by atoms with van der Waals surface area (Å²) < 4.78 is 13.2. The Morgan fingerprint density at radius 3 is 2.71 bits per heavy atom.